The maximum atomic E-state index is 2.42. The van der Waals surface area contributed by atoms with Gasteiger partial charge in [-0.2, -0.15) is 0 Å². The van der Waals surface area contributed by atoms with Crippen molar-refractivity contribution in [1.82, 2.24) is 0 Å². The van der Waals surface area contributed by atoms with Crippen molar-refractivity contribution < 1.29 is 0 Å². The van der Waals surface area contributed by atoms with E-state index in [1.54, 1.807) is 0 Å². The zero-order valence-corrected chi connectivity index (χ0v) is 25.0. The van der Waals surface area contributed by atoms with Crippen molar-refractivity contribution in [3.05, 3.63) is 175 Å². The van der Waals surface area contributed by atoms with E-state index in [1.165, 1.54) is 55.3 Å². The van der Waals surface area contributed by atoms with E-state index in [4.69, 9.17) is 0 Å². The van der Waals surface area contributed by atoms with Gasteiger partial charge in [0.05, 0.1) is 0 Å². The van der Waals surface area contributed by atoms with Gasteiger partial charge in [-0.15, -0.1) is 0 Å². The quantitative estimate of drug-likeness (QED) is 0.201. The first kappa shape index (κ1) is 26.2. The highest BCUT2D eigenvalue weighted by atomic mass is 15.1. The number of hydrogen-bond acceptors (Lipinski definition) is 1. The summed E-state index contributed by atoms with van der Waals surface area (Å²) in [4.78, 5) is 2.37. The fourth-order valence-electron chi connectivity index (χ4n) is 6.89. The van der Waals surface area contributed by atoms with Crippen molar-refractivity contribution in [2.45, 2.75) is 19.3 Å². The average Bonchev–Trinajstić information content (AvgIpc) is 3.31. The van der Waals surface area contributed by atoms with E-state index < -0.39 is 0 Å². The molecule has 0 spiro atoms. The summed E-state index contributed by atoms with van der Waals surface area (Å²) in [5.41, 5.74) is 13.8. The zero-order chi connectivity index (χ0) is 29.7. The summed E-state index contributed by atoms with van der Waals surface area (Å²) in [6.07, 6.45) is 0. The number of fused-ring (bicyclic) bond motifs is 4. The molecule has 0 saturated carbocycles. The van der Waals surface area contributed by atoms with Crippen molar-refractivity contribution in [2.24, 2.45) is 0 Å². The topological polar surface area (TPSA) is 3.24 Å². The molecule has 8 rings (SSSR count). The summed E-state index contributed by atoms with van der Waals surface area (Å²) in [6.45, 7) is 4.70. The van der Waals surface area contributed by atoms with Crippen LogP contribution in [0.3, 0.4) is 0 Å². The number of anilines is 3. The van der Waals surface area contributed by atoms with Gasteiger partial charge in [0.15, 0.2) is 0 Å². The monoisotopic (exact) mass is 563 g/mol. The van der Waals surface area contributed by atoms with Gasteiger partial charge in [-0.25, -0.2) is 0 Å². The molecule has 0 heterocycles. The molecule has 1 heteroatoms. The van der Waals surface area contributed by atoms with E-state index in [1.807, 2.05) is 0 Å². The average molecular weight is 564 g/mol. The molecular weight excluding hydrogens is 530 g/mol. The molecule has 0 radical (unpaired) electrons. The van der Waals surface area contributed by atoms with Crippen LogP contribution < -0.4 is 4.90 Å². The molecule has 210 valence electrons. The van der Waals surface area contributed by atoms with E-state index >= 15 is 0 Å². The summed E-state index contributed by atoms with van der Waals surface area (Å²) in [5, 5.41) is 2.52. The molecular formula is C43H33N. The van der Waals surface area contributed by atoms with Crippen LogP contribution in [0.5, 0.6) is 0 Å². The lowest BCUT2D eigenvalue weighted by Crippen LogP contribution is -2.14. The molecule has 7 aromatic carbocycles. The van der Waals surface area contributed by atoms with Crippen LogP contribution in [0.1, 0.15) is 25.0 Å². The summed E-state index contributed by atoms with van der Waals surface area (Å²) in [6, 6.07) is 59.6. The minimum atomic E-state index is -0.0314. The SMILES string of the molecule is CC1(C)c2ccccc2-c2cc3ccc(N(c4ccc(-c5ccccc5)cc4)c4ccc(-c5ccccc5)cc4)cc3cc21. The molecule has 0 atom stereocenters. The summed E-state index contributed by atoms with van der Waals surface area (Å²) in [5.74, 6) is 0. The Hall–Kier alpha value is -5.40. The molecule has 1 aliphatic rings. The van der Waals surface area contributed by atoms with Crippen molar-refractivity contribution in [2.75, 3.05) is 4.90 Å². The van der Waals surface area contributed by atoms with Crippen LogP contribution >= 0.6 is 0 Å². The molecule has 0 saturated heterocycles. The molecule has 44 heavy (non-hydrogen) atoms. The molecule has 0 unspecified atom stereocenters. The minimum absolute atomic E-state index is 0.0314. The highest BCUT2D eigenvalue weighted by Gasteiger charge is 2.35. The standard InChI is InChI=1S/C43H33N/c1-43(2)41-16-10-9-15-39(41)40-28-34-21-26-38(27-35(34)29-42(40)43)44(36-22-17-32(18-23-36)30-11-5-3-6-12-30)37-24-19-33(20-25-37)31-13-7-4-8-14-31/h3-29H,1-2H3. The summed E-state index contributed by atoms with van der Waals surface area (Å²) in [7, 11) is 0. The third-order valence-corrected chi connectivity index (χ3v) is 9.25. The van der Waals surface area contributed by atoms with Crippen molar-refractivity contribution in [1.29, 1.82) is 0 Å². The largest absolute Gasteiger partial charge is 0.310 e. The molecule has 1 aliphatic carbocycles. The van der Waals surface area contributed by atoms with Gasteiger partial charge in [0, 0.05) is 22.5 Å². The van der Waals surface area contributed by atoms with E-state index in [2.05, 4.69) is 183 Å². The Labute approximate surface area is 259 Å². The van der Waals surface area contributed by atoms with Crippen molar-refractivity contribution in [3.63, 3.8) is 0 Å². The van der Waals surface area contributed by atoms with Gasteiger partial charge in [0.1, 0.15) is 0 Å². The fraction of sp³-hybridized carbons (Fsp3) is 0.0698. The van der Waals surface area contributed by atoms with Gasteiger partial charge in [-0.3, -0.25) is 0 Å². The Morgan fingerprint density at radius 3 is 1.45 bits per heavy atom. The number of rotatable bonds is 5. The van der Waals surface area contributed by atoms with Gasteiger partial charge in [0.25, 0.3) is 0 Å². The second-order valence-electron chi connectivity index (χ2n) is 12.3. The smallest absolute Gasteiger partial charge is 0.0468 e. The number of benzene rings is 7. The predicted molar refractivity (Wildman–Crippen MR) is 187 cm³/mol. The Balaban J connectivity index is 1.25. The van der Waals surface area contributed by atoms with Crippen LogP contribution in [-0.4, -0.2) is 0 Å². The zero-order valence-electron chi connectivity index (χ0n) is 25.0. The Bertz CT molecular complexity index is 2020. The lowest BCUT2D eigenvalue weighted by Gasteiger charge is -2.27. The van der Waals surface area contributed by atoms with Crippen molar-refractivity contribution in [3.8, 4) is 33.4 Å². The maximum absolute atomic E-state index is 2.42. The third-order valence-electron chi connectivity index (χ3n) is 9.25. The van der Waals surface area contributed by atoms with Crippen molar-refractivity contribution >= 4 is 27.8 Å². The minimum Gasteiger partial charge on any atom is -0.310 e. The molecule has 0 bridgehead atoms. The van der Waals surface area contributed by atoms with Crippen LogP contribution in [0.2, 0.25) is 0 Å². The van der Waals surface area contributed by atoms with Gasteiger partial charge in [0.2, 0.25) is 0 Å². The van der Waals surface area contributed by atoms with Crippen LogP contribution in [-0.2, 0) is 5.41 Å². The number of hydrogen-bond donors (Lipinski definition) is 0. The van der Waals surface area contributed by atoms with Crippen LogP contribution in [0, 0.1) is 0 Å². The highest BCUT2D eigenvalue weighted by Crippen LogP contribution is 2.50. The number of nitrogens with zero attached hydrogens (tertiary/aromatic N) is 1. The van der Waals surface area contributed by atoms with Crippen LogP contribution in [0.15, 0.2) is 164 Å². The van der Waals surface area contributed by atoms with E-state index in [0.29, 0.717) is 0 Å². The predicted octanol–water partition coefficient (Wildman–Crippen LogP) is 11.9. The van der Waals surface area contributed by atoms with Gasteiger partial charge in [-0.05, 0) is 104 Å². The molecule has 0 N–H and O–H groups in total. The third kappa shape index (κ3) is 4.41. The Kier molecular flexibility index (Phi) is 6.20. The first-order valence-electron chi connectivity index (χ1n) is 15.4. The lowest BCUT2D eigenvalue weighted by molar-refractivity contribution is 0.661. The normalized spacial score (nSPS) is 13.0. The lowest BCUT2D eigenvalue weighted by atomic mass is 9.82. The molecule has 0 fully saturated rings. The van der Waals surface area contributed by atoms with E-state index in [9.17, 15) is 0 Å². The molecule has 0 aromatic heterocycles. The van der Waals surface area contributed by atoms with Gasteiger partial charge in [-0.1, -0.05) is 129 Å². The second kappa shape index (κ2) is 10.4. The van der Waals surface area contributed by atoms with E-state index in [0.717, 1.165) is 17.1 Å². The summed E-state index contributed by atoms with van der Waals surface area (Å²) < 4.78 is 0. The Morgan fingerprint density at radius 2 is 0.864 bits per heavy atom. The maximum Gasteiger partial charge on any atom is 0.0468 e. The second-order valence-corrected chi connectivity index (χ2v) is 12.3. The summed E-state index contributed by atoms with van der Waals surface area (Å²) >= 11 is 0. The van der Waals surface area contributed by atoms with Crippen LogP contribution in [0.4, 0.5) is 17.1 Å². The van der Waals surface area contributed by atoms with Gasteiger partial charge < -0.3 is 4.90 Å². The molecule has 0 amide bonds. The molecule has 7 aromatic rings. The highest BCUT2D eigenvalue weighted by molar-refractivity contribution is 5.96. The van der Waals surface area contributed by atoms with Crippen LogP contribution in [0.25, 0.3) is 44.2 Å². The van der Waals surface area contributed by atoms with E-state index in [-0.39, 0.29) is 5.41 Å². The fourth-order valence-corrected chi connectivity index (χ4v) is 6.89. The molecule has 0 aliphatic heterocycles. The molecule has 1 nitrogen and oxygen atoms in total. The Morgan fingerprint density at radius 1 is 0.364 bits per heavy atom. The first-order chi connectivity index (χ1) is 21.6. The first-order valence-corrected chi connectivity index (χ1v) is 15.4. The van der Waals surface area contributed by atoms with Gasteiger partial charge >= 0.3 is 0 Å².